The second-order valence-electron chi connectivity index (χ2n) is 23.9. The van der Waals surface area contributed by atoms with E-state index in [9.17, 15) is 18.6 Å². The van der Waals surface area contributed by atoms with E-state index in [1.165, 1.54) is 16.7 Å². The third-order valence-electron chi connectivity index (χ3n) is 17.0. The molecule has 3 saturated carbocycles. The number of aliphatic hydroxyl groups is 2. The van der Waals surface area contributed by atoms with Crippen LogP contribution in [0, 0.1) is 0 Å². The lowest BCUT2D eigenvalue weighted by atomic mass is 9.89. The van der Waals surface area contributed by atoms with Crippen molar-refractivity contribution in [2.24, 2.45) is 0 Å². The molecule has 9 aromatic carbocycles. The standard InChI is InChI=1S/C25H23ClN2O.C24H21ClN2O.C23H20ClN3O2S/c1-25(2,29)21-6-4-3-5-18(21)16-9-12-22-23(13-16)28-24(27-22)20-14-19(20)15-7-10-17(26)11-8-15;1-14(28)18-4-2-3-5-19(18)16-8-11-22-23(12-16)27-24(26-22)21-13-20(21)15-6-9-17(25)10-7-15;1-30(28,29)27-20-5-3-2-4-17(20)15-8-11-21-22(12-15)26-23(25-21)19-13-18(19)14-6-9-16(24)10-7-14/h3-13,19-20,29H,14H2,1-2H3,(H,27,28);2-12,14,20-21,28H,13H2,1H3,(H,26,27);2-12,18-19,27H,13H2,1H3,(H,25,26). The summed E-state index contributed by atoms with van der Waals surface area (Å²) >= 11 is 18.0. The van der Waals surface area contributed by atoms with Crippen molar-refractivity contribution in [1.82, 2.24) is 29.9 Å². The predicted octanol–water partition coefficient (Wildman–Crippen LogP) is 18.1. The molecule has 0 aliphatic heterocycles. The Kier molecular flexibility index (Phi) is 15.7. The molecule has 7 unspecified atom stereocenters. The molecule has 3 aliphatic carbocycles. The van der Waals surface area contributed by atoms with Gasteiger partial charge < -0.3 is 25.2 Å². The van der Waals surface area contributed by atoms with Crippen LogP contribution in [0.2, 0.25) is 15.1 Å². The van der Waals surface area contributed by atoms with Gasteiger partial charge in [-0.05, 0) is 192 Å². The number of benzene rings is 9. The van der Waals surface area contributed by atoms with E-state index in [2.05, 4.69) is 105 Å². The molecule has 3 fully saturated rings. The molecule has 438 valence electrons. The number of halogens is 3. The Bertz CT molecular complexity index is 4610. The number of imidazole rings is 3. The average Bonchev–Trinajstić information content (AvgIpc) is 1.89. The Labute approximate surface area is 520 Å². The van der Waals surface area contributed by atoms with Crippen LogP contribution in [-0.4, -0.2) is 54.8 Å². The van der Waals surface area contributed by atoms with Crippen LogP contribution < -0.4 is 4.72 Å². The van der Waals surface area contributed by atoms with E-state index in [0.717, 1.165) is 136 Å². The molecule has 11 nitrogen and oxygen atoms in total. The number of nitrogens with one attached hydrogen (secondary N) is 4. The van der Waals surface area contributed by atoms with Crippen LogP contribution in [0.1, 0.15) is 127 Å². The molecule has 0 bridgehead atoms. The zero-order valence-corrected chi connectivity index (χ0v) is 51.4. The van der Waals surface area contributed by atoms with Gasteiger partial charge in [-0.2, -0.15) is 0 Å². The molecule has 15 rings (SSSR count). The van der Waals surface area contributed by atoms with Crippen molar-refractivity contribution in [2.45, 2.75) is 87.2 Å². The first-order chi connectivity index (χ1) is 41.9. The lowest BCUT2D eigenvalue weighted by molar-refractivity contribution is 0.0792. The molecular formula is C72H64Cl3N7O4S. The lowest BCUT2D eigenvalue weighted by Crippen LogP contribution is -2.16. The fraction of sp³-hybridized carbons (Fsp3) is 0.208. The summed E-state index contributed by atoms with van der Waals surface area (Å²) in [6.07, 6.45) is 3.93. The quantitative estimate of drug-likeness (QED) is 0.0667. The third-order valence-corrected chi connectivity index (χ3v) is 18.3. The van der Waals surface area contributed by atoms with Crippen molar-refractivity contribution in [3.63, 3.8) is 0 Å². The molecule has 0 spiro atoms. The highest BCUT2D eigenvalue weighted by atomic mass is 35.5. The van der Waals surface area contributed by atoms with Crippen LogP contribution in [0.15, 0.2) is 200 Å². The van der Waals surface area contributed by atoms with E-state index < -0.39 is 21.7 Å². The van der Waals surface area contributed by atoms with Crippen molar-refractivity contribution in [3.05, 3.63) is 261 Å². The largest absolute Gasteiger partial charge is 0.389 e. The van der Waals surface area contributed by atoms with Crippen molar-refractivity contribution in [3.8, 4) is 33.4 Å². The van der Waals surface area contributed by atoms with E-state index in [-0.39, 0.29) is 0 Å². The van der Waals surface area contributed by atoms with Crippen molar-refractivity contribution >= 4 is 83.6 Å². The van der Waals surface area contributed by atoms with Gasteiger partial charge in [0.05, 0.1) is 56.7 Å². The topological polar surface area (TPSA) is 173 Å². The molecule has 7 atom stereocenters. The fourth-order valence-electron chi connectivity index (χ4n) is 12.3. The van der Waals surface area contributed by atoms with Gasteiger partial charge in [0.15, 0.2) is 0 Å². The van der Waals surface area contributed by atoms with Gasteiger partial charge >= 0.3 is 0 Å². The van der Waals surface area contributed by atoms with E-state index in [0.29, 0.717) is 41.2 Å². The number of hydrogen-bond acceptors (Lipinski definition) is 7. The highest BCUT2D eigenvalue weighted by Gasteiger charge is 2.43. The number of para-hydroxylation sites is 1. The van der Waals surface area contributed by atoms with Gasteiger partial charge in [-0.15, -0.1) is 0 Å². The molecule has 15 heteroatoms. The average molecular weight is 1230 g/mol. The summed E-state index contributed by atoms with van der Waals surface area (Å²) in [7, 11) is -3.36. The molecule has 3 heterocycles. The number of aromatic amines is 3. The van der Waals surface area contributed by atoms with Gasteiger partial charge in [0.1, 0.15) is 17.5 Å². The monoisotopic (exact) mass is 1230 g/mol. The third kappa shape index (κ3) is 12.9. The number of sulfonamides is 1. The first kappa shape index (κ1) is 58.0. The lowest BCUT2D eigenvalue weighted by Gasteiger charge is -2.21. The normalized spacial score (nSPS) is 19.0. The SMILES string of the molecule is CC(C)(O)c1ccccc1-c1ccc2nc(C3CC3c3ccc(Cl)cc3)[nH]c2c1.CC(O)c1ccccc1-c1ccc2nc(C3CC3c3ccc(Cl)cc3)[nH]c2c1.CS(=O)(=O)Nc1ccccc1-c1ccc2nc(C3CC3c3ccc(Cl)cc3)[nH]c2c1. The Morgan fingerprint density at radius 2 is 0.839 bits per heavy atom. The molecular weight excluding hydrogens is 1170 g/mol. The minimum absolute atomic E-state index is 0.376. The number of rotatable bonds is 13. The zero-order chi connectivity index (χ0) is 60.3. The molecule has 6 N–H and O–H groups in total. The van der Waals surface area contributed by atoms with Gasteiger partial charge in [-0.1, -0.05) is 156 Å². The first-order valence-electron chi connectivity index (χ1n) is 29.3. The maximum absolute atomic E-state index is 11.7. The molecule has 0 amide bonds. The van der Waals surface area contributed by atoms with Gasteiger partial charge in [-0.3, -0.25) is 4.72 Å². The van der Waals surface area contributed by atoms with E-state index in [1.54, 1.807) is 13.0 Å². The van der Waals surface area contributed by atoms with E-state index >= 15 is 0 Å². The summed E-state index contributed by atoms with van der Waals surface area (Å²) in [5.41, 5.74) is 17.3. The predicted molar refractivity (Wildman–Crippen MR) is 354 cm³/mol. The molecule has 3 aliphatic rings. The first-order valence-corrected chi connectivity index (χ1v) is 32.3. The summed E-state index contributed by atoms with van der Waals surface area (Å²) in [6.45, 7) is 5.45. The Morgan fingerprint density at radius 1 is 0.483 bits per heavy atom. The van der Waals surface area contributed by atoms with Gasteiger partial charge in [0.25, 0.3) is 0 Å². The highest BCUT2D eigenvalue weighted by Crippen LogP contribution is 2.56. The van der Waals surface area contributed by atoms with Crippen LogP contribution in [0.5, 0.6) is 0 Å². The molecule has 3 aromatic heterocycles. The summed E-state index contributed by atoms with van der Waals surface area (Å²) in [5, 5.41) is 22.9. The highest BCUT2D eigenvalue weighted by molar-refractivity contribution is 7.92. The summed E-state index contributed by atoms with van der Waals surface area (Å²) in [4.78, 5) is 25.0. The Morgan fingerprint density at radius 3 is 1.24 bits per heavy atom. The zero-order valence-electron chi connectivity index (χ0n) is 48.3. The van der Waals surface area contributed by atoms with E-state index in [1.807, 2.05) is 123 Å². The summed E-state index contributed by atoms with van der Waals surface area (Å²) < 4.78 is 26.0. The molecule has 12 aromatic rings. The van der Waals surface area contributed by atoms with Gasteiger partial charge in [-0.25, -0.2) is 23.4 Å². The minimum Gasteiger partial charge on any atom is -0.389 e. The van der Waals surface area contributed by atoms with Gasteiger partial charge in [0, 0.05) is 38.4 Å². The van der Waals surface area contributed by atoms with Crippen LogP contribution in [0.4, 0.5) is 5.69 Å². The number of fused-ring (bicyclic) bond motifs is 3. The maximum atomic E-state index is 11.7. The number of aliphatic hydroxyl groups excluding tert-OH is 1. The summed E-state index contributed by atoms with van der Waals surface area (Å²) in [6, 6.07) is 66.2. The minimum atomic E-state index is -3.36. The molecule has 87 heavy (non-hydrogen) atoms. The van der Waals surface area contributed by atoms with Crippen molar-refractivity contribution in [1.29, 1.82) is 0 Å². The van der Waals surface area contributed by atoms with Gasteiger partial charge in [0.2, 0.25) is 10.0 Å². The van der Waals surface area contributed by atoms with Crippen LogP contribution >= 0.6 is 34.8 Å². The number of aromatic nitrogens is 6. The number of anilines is 1. The maximum Gasteiger partial charge on any atom is 0.229 e. The molecule has 0 radical (unpaired) electrons. The Balaban J connectivity index is 0.000000121. The van der Waals surface area contributed by atoms with Crippen LogP contribution in [0.3, 0.4) is 0 Å². The number of nitrogens with zero attached hydrogens (tertiary/aromatic N) is 3. The fourth-order valence-corrected chi connectivity index (χ4v) is 13.2. The second-order valence-corrected chi connectivity index (χ2v) is 26.9. The van der Waals surface area contributed by atoms with E-state index in [4.69, 9.17) is 49.8 Å². The number of H-pyrrole nitrogens is 3. The van der Waals surface area contributed by atoms with Crippen molar-refractivity contribution < 1.29 is 18.6 Å². The Hall–Kier alpha value is -8.07. The second kappa shape index (κ2) is 23.6. The summed E-state index contributed by atoms with van der Waals surface area (Å²) in [5.74, 6) is 5.80. The molecule has 0 saturated heterocycles. The number of hydrogen-bond donors (Lipinski definition) is 6. The van der Waals surface area contributed by atoms with Crippen LogP contribution in [0.25, 0.3) is 66.5 Å². The smallest absolute Gasteiger partial charge is 0.229 e. The van der Waals surface area contributed by atoms with Crippen LogP contribution in [-0.2, 0) is 15.6 Å². The van der Waals surface area contributed by atoms with Crippen molar-refractivity contribution in [2.75, 3.05) is 11.0 Å².